The van der Waals surface area contributed by atoms with E-state index in [-0.39, 0.29) is 13.0 Å². The maximum Gasteiger partial charge on any atom is 0.331 e. The molecule has 2 aromatic rings. The molecule has 2 rings (SSSR count). The highest BCUT2D eigenvalue weighted by molar-refractivity contribution is 5.87. The molecule has 23 heavy (non-hydrogen) atoms. The molecule has 1 atom stereocenters. The lowest BCUT2D eigenvalue weighted by atomic mass is 10.0. The molecule has 0 saturated carbocycles. The lowest BCUT2D eigenvalue weighted by molar-refractivity contribution is -0.149. The van der Waals surface area contributed by atoms with Crippen molar-refractivity contribution in [1.82, 2.24) is 15.1 Å². The summed E-state index contributed by atoms with van der Waals surface area (Å²) >= 11 is 0. The third-order valence-electron chi connectivity index (χ3n) is 3.34. The molecule has 0 saturated heterocycles. The average Bonchev–Trinajstić information content (AvgIpc) is 2.96. The van der Waals surface area contributed by atoms with Crippen LogP contribution in [0.5, 0.6) is 0 Å². The minimum atomic E-state index is -1.46. The number of carboxylic acids is 1. The number of nitrogens with one attached hydrogen (secondary N) is 1. The van der Waals surface area contributed by atoms with E-state index in [1.165, 1.54) is 14.0 Å². The third-order valence-corrected chi connectivity index (χ3v) is 3.34. The van der Waals surface area contributed by atoms with Crippen LogP contribution >= 0.6 is 0 Å². The number of benzene rings is 1. The largest absolute Gasteiger partial charge is 0.479 e. The van der Waals surface area contributed by atoms with E-state index in [1.807, 2.05) is 30.3 Å². The molecule has 0 aliphatic heterocycles. The van der Waals surface area contributed by atoms with Crippen LogP contribution in [0.25, 0.3) is 5.69 Å². The van der Waals surface area contributed by atoms with Crippen LogP contribution < -0.4 is 5.32 Å². The van der Waals surface area contributed by atoms with E-state index in [0.717, 1.165) is 5.69 Å². The van der Waals surface area contributed by atoms with Crippen LogP contribution in [0.2, 0.25) is 0 Å². The van der Waals surface area contributed by atoms with Crippen molar-refractivity contribution in [3.8, 4) is 5.69 Å². The van der Waals surface area contributed by atoms with E-state index in [1.54, 1.807) is 17.1 Å². The lowest BCUT2D eigenvalue weighted by Gasteiger charge is -2.25. The van der Waals surface area contributed by atoms with Gasteiger partial charge in [-0.1, -0.05) is 18.2 Å². The van der Waals surface area contributed by atoms with Gasteiger partial charge in [-0.05, 0) is 24.6 Å². The summed E-state index contributed by atoms with van der Waals surface area (Å²) in [6, 6.07) is 9.50. The van der Waals surface area contributed by atoms with Crippen LogP contribution in [0, 0.1) is 0 Å². The van der Waals surface area contributed by atoms with Crippen molar-refractivity contribution in [2.45, 2.75) is 18.9 Å². The first-order chi connectivity index (χ1) is 10.9. The Balaban J connectivity index is 2.04. The summed E-state index contributed by atoms with van der Waals surface area (Å²) in [6.45, 7) is 1.29. The van der Waals surface area contributed by atoms with E-state index < -0.39 is 17.4 Å². The van der Waals surface area contributed by atoms with Gasteiger partial charge in [0.25, 0.3) is 0 Å². The number of methoxy groups -OCH3 is 1. The van der Waals surface area contributed by atoms with Crippen LogP contribution in [0.1, 0.15) is 12.5 Å². The number of amides is 1. The Morgan fingerprint density at radius 3 is 2.65 bits per heavy atom. The number of para-hydroxylation sites is 1. The van der Waals surface area contributed by atoms with Crippen LogP contribution in [0.3, 0.4) is 0 Å². The van der Waals surface area contributed by atoms with Gasteiger partial charge in [0.2, 0.25) is 5.91 Å². The summed E-state index contributed by atoms with van der Waals surface area (Å²) in [7, 11) is 1.39. The zero-order chi connectivity index (χ0) is 16.9. The molecule has 7 nitrogen and oxygen atoms in total. The molecule has 1 heterocycles. The molecule has 1 aromatic carbocycles. The van der Waals surface area contributed by atoms with Crippen LogP contribution in [-0.4, -0.2) is 46.0 Å². The lowest BCUT2D eigenvalue weighted by Crippen LogP contribution is -2.55. The molecular formula is C16H19N3O4. The highest BCUT2D eigenvalue weighted by Crippen LogP contribution is 2.10. The number of ether oxygens (including phenoxy) is 1. The topological polar surface area (TPSA) is 93.5 Å². The van der Waals surface area contributed by atoms with E-state index in [0.29, 0.717) is 5.56 Å². The van der Waals surface area contributed by atoms with Gasteiger partial charge in [-0.25, -0.2) is 9.48 Å². The first kappa shape index (κ1) is 16.7. The van der Waals surface area contributed by atoms with Crippen LogP contribution in [0.15, 0.2) is 42.7 Å². The Labute approximate surface area is 133 Å². The van der Waals surface area contributed by atoms with Crippen molar-refractivity contribution in [1.29, 1.82) is 0 Å². The standard InChI is InChI=1S/C16H19N3O4/c1-16(11-23-2,15(21)22)18-14(20)8-12-9-17-19(10-12)13-6-4-3-5-7-13/h3-7,9-10H,8,11H2,1-2H3,(H,18,20)(H,21,22). The fourth-order valence-corrected chi connectivity index (χ4v) is 2.15. The van der Waals surface area contributed by atoms with Crippen molar-refractivity contribution < 1.29 is 19.4 Å². The first-order valence-corrected chi connectivity index (χ1v) is 7.07. The third kappa shape index (κ3) is 4.17. The molecule has 0 fully saturated rings. The number of carbonyl (C=O) groups excluding carboxylic acids is 1. The van der Waals surface area contributed by atoms with Gasteiger partial charge in [0.05, 0.1) is 24.9 Å². The number of aliphatic carboxylic acids is 1. The molecule has 1 amide bonds. The Morgan fingerprint density at radius 1 is 1.35 bits per heavy atom. The van der Waals surface area contributed by atoms with Gasteiger partial charge in [0, 0.05) is 13.3 Å². The normalized spacial score (nSPS) is 13.3. The van der Waals surface area contributed by atoms with Crippen molar-refractivity contribution in [2.24, 2.45) is 0 Å². The van der Waals surface area contributed by atoms with Crippen molar-refractivity contribution >= 4 is 11.9 Å². The molecule has 122 valence electrons. The minimum absolute atomic E-state index is 0.0411. The smallest absolute Gasteiger partial charge is 0.331 e. The quantitative estimate of drug-likeness (QED) is 0.795. The Morgan fingerprint density at radius 2 is 2.04 bits per heavy atom. The molecule has 1 aromatic heterocycles. The van der Waals surface area contributed by atoms with E-state index in [9.17, 15) is 14.7 Å². The van der Waals surface area contributed by atoms with Gasteiger partial charge in [-0.2, -0.15) is 5.10 Å². The summed E-state index contributed by atoms with van der Waals surface area (Å²) in [5.74, 6) is -1.55. The SMILES string of the molecule is COCC(C)(NC(=O)Cc1cnn(-c2ccccc2)c1)C(=O)O. The second kappa shape index (κ2) is 7.06. The predicted molar refractivity (Wildman–Crippen MR) is 83.3 cm³/mol. The summed E-state index contributed by atoms with van der Waals surface area (Å²) in [5, 5.41) is 15.9. The second-order valence-electron chi connectivity index (χ2n) is 5.42. The van der Waals surface area contributed by atoms with Crippen molar-refractivity contribution in [3.63, 3.8) is 0 Å². The van der Waals surface area contributed by atoms with Crippen LogP contribution in [-0.2, 0) is 20.7 Å². The zero-order valence-electron chi connectivity index (χ0n) is 13.0. The highest BCUT2D eigenvalue weighted by atomic mass is 16.5. The molecule has 0 bridgehead atoms. The summed E-state index contributed by atoms with van der Waals surface area (Å²) in [4.78, 5) is 23.4. The number of nitrogens with zero attached hydrogens (tertiary/aromatic N) is 2. The number of hydrogen-bond donors (Lipinski definition) is 2. The monoisotopic (exact) mass is 317 g/mol. The molecule has 0 spiro atoms. The van der Waals surface area contributed by atoms with Gasteiger partial charge in [0.1, 0.15) is 0 Å². The fourth-order valence-electron chi connectivity index (χ4n) is 2.15. The molecule has 7 heteroatoms. The van der Waals surface area contributed by atoms with Crippen molar-refractivity contribution in [3.05, 3.63) is 48.3 Å². The fraction of sp³-hybridized carbons (Fsp3) is 0.312. The summed E-state index contributed by atoms with van der Waals surface area (Å²) in [6.07, 6.45) is 3.36. The molecule has 2 N–H and O–H groups in total. The van der Waals surface area contributed by atoms with E-state index >= 15 is 0 Å². The number of hydrogen-bond acceptors (Lipinski definition) is 4. The zero-order valence-corrected chi connectivity index (χ0v) is 13.0. The Hall–Kier alpha value is -2.67. The molecule has 0 aliphatic carbocycles. The van der Waals surface area contributed by atoms with Crippen molar-refractivity contribution in [2.75, 3.05) is 13.7 Å². The van der Waals surface area contributed by atoms with Gasteiger partial charge in [-0.3, -0.25) is 4.79 Å². The molecule has 1 unspecified atom stereocenters. The Bertz CT molecular complexity index is 684. The maximum absolute atomic E-state index is 12.1. The Kier molecular flexibility index (Phi) is 5.13. The second-order valence-corrected chi connectivity index (χ2v) is 5.42. The van der Waals surface area contributed by atoms with Gasteiger partial charge in [0.15, 0.2) is 5.54 Å². The number of carboxylic acid groups (broad SMARTS) is 1. The van der Waals surface area contributed by atoms with Gasteiger partial charge in [-0.15, -0.1) is 0 Å². The average molecular weight is 317 g/mol. The molecule has 0 aliphatic rings. The predicted octanol–water partition coefficient (Wildman–Crippen LogP) is 1.02. The molecule has 0 radical (unpaired) electrons. The summed E-state index contributed by atoms with van der Waals surface area (Å²) in [5.41, 5.74) is 0.117. The summed E-state index contributed by atoms with van der Waals surface area (Å²) < 4.78 is 6.53. The molecular weight excluding hydrogens is 298 g/mol. The van der Waals surface area contributed by atoms with Gasteiger partial charge >= 0.3 is 5.97 Å². The van der Waals surface area contributed by atoms with Gasteiger partial charge < -0.3 is 15.2 Å². The number of rotatable bonds is 7. The van der Waals surface area contributed by atoms with Crippen LogP contribution in [0.4, 0.5) is 0 Å². The first-order valence-electron chi connectivity index (χ1n) is 7.07. The highest BCUT2D eigenvalue weighted by Gasteiger charge is 2.34. The number of aromatic nitrogens is 2. The maximum atomic E-state index is 12.1. The van der Waals surface area contributed by atoms with E-state index in [2.05, 4.69) is 10.4 Å². The minimum Gasteiger partial charge on any atom is -0.479 e. The van der Waals surface area contributed by atoms with E-state index in [4.69, 9.17) is 4.74 Å². The number of carbonyl (C=O) groups is 2.